The molecule has 0 saturated carbocycles. The molecular formula is C14H25NO2. The van der Waals surface area contributed by atoms with Crippen LogP contribution in [0.3, 0.4) is 0 Å². The van der Waals surface area contributed by atoms with Gasteiger partial charge in [-0.05, 0) is 18.9 Å². The summed E-state index contributed by atoms with van der Waals surface area (Å²) in [5.41, 5.74) is 0. The highest BCUT2D eigenvalue weighted by molar-refractivity contribution is 5.87. The molecule has 3 heteroatoms. The average Bonchev–Trinajstić information content (AvgIpc) is 2.38. The summed E-state index contributed by atoms with van der Waals surface area (Å²) >= 11 is 0. The van der Waals surface area contributed by atoms with Crippen LogP contribution in [0, 0.1) is 0 Å². The molecule has 0 spiro atoms. The first kappa shape index (κ1) is 14.2. The Bertz CT molecular complexity index is 232. The molecule has 3 nitrogen and oxygen atoms in total. The van der Waals surface area contributed by atoms with E-state index in [4.69, 9.17) is 4.74 Å². The van der Waals surface area contributed by atoms with Gasteiger partial charge in [-0.3, -0.25) is 4.79 Å². The SMILES string of the molecule is CCCCCCCC=CC(=O)N1CCOCC1. The first-order chi connectivity index (χ1) is 8.34. The van der Waals surface area contributed by atoms with E-state index >= 15 is 0 Å². The van der Waals surface area contributed by atoms with Crippen molar-refractivity contribution in [3.05, 3.63) is 12.2 Å². The van der Waals surface area contributed by atoms with Gasteiger partial charge in [-0.2, -0.15) is 0 Å². The summed E-state index contributed by atoms with van der Waals surface area (Å²) in [6, 6.07) is 0. The fraction of sp³-hybridized carbons (Fsp3) is 0.786. The minimum Gasteiger partial charge on any atom is -0.378 e. The number of carbonyl (C=O) groups is 1. The molecule has 0 bridgehead atoms. The Balaban J connectivity index is 2.04. The van der Waals surface area contributed by atoms with Crippen molar-refractivity contribution in [3.8, 4) is 0 Å². The standard InChI is InChI=1S/C14H25NO2/c1-2-3-4-5-6-7-8-9-14(16)15-10-12-17-13-11-15/h8-9H,2-7,10-13H2,1H3. The van der Waals surface area contributed by atoms with Crippen LogP contribution in [0.1, 0.15) is 45.4 Å². The molecule has 1 rings (SSSR count). The molecule has 0 aromatic heterocycles. The molecule has 1 amide bonds. The smallest absolute Gasteiger partial charge is 0.246 e. The summed E-state index contributed by atoms with van der Waals surface area (Å²) in [5, 5.41) is 0. The van der Waals surface area contributed by atoms with Crippen molar-refractivity contribution >= 4 is 5.91 Å². The van der Waals surface area contributed by atoms with E-state index in [1.807, 2.05) is 11.0 Å². The quantitative estimate of drug-likeness (QED) is 0.505. The molecule has 0 aromatic rings. The Labute approximate surface area is 105 Å². The Morgan fingerprint density at radius 2 is 1.88 bits per heavy atom. The van der Waals surface area contributed by atoms with E-state index < -0.39 is 0 Å². The number of hydrogen-bond donors (Lipinski definition) is 0. The van der Waals surface area contributed by atoms with Gasteiger partial charge in [0.2, 0.25) is 5.91 Å². The summed E-state index contributed by atoms with van der Waals surface area (Å²) in [7, 11) is 0. The number of morpholine rings is 1. The minimum atomic E-state index is 0.141. The largest absolute Gasteiger partial charge is 0.378 e. The van der Waals surface area contributed by atoms with Crippen LogP contribution in [0.2, 0.25) is 0 Å². The van der Waals surface area contributed by atoms with Gasteiger partial charge < -0.3 is 9.64 Å². The summed E-state index contributed by atoms with van der Waals surface area (Å²) in [6.07, 6.45) is 11.2. The average molecular weight is 239 g/mol. The van der Waals surface area contributed by atoms with Gasteiger partial charge in [-0.15, -0.1) is 0 Å². The van der Waals surface area contributed by atoms with Gasteiger partial charge in [0.25, 0.3) is 0 Å². The Kier molecular flexibility index (Phi) is 7.72. The number of nitrogens with zero attached hydrogens (tertiary/aromatic N) is 1. The van der Waals surface area contributed by atoms with Gasteiger partial charge in [-0.25, -0.2) is 0 Å². The van der Waals surface area contributed by atoms with E-state index in [1.54, 1.807) is 6.08 Å². The molecule has 1 aliphatic rings. The second kappa shape index (κ2) is 9.23. The van der Waals surface area contributed by atoms with Gasteiger partial charge in [-0.1, -0.05) is 38.7 Å². The van der Waals surface area contributed by atoms with Crippen LogP contribution >= 0.6 is 0 Å². The zero-order valence-corrected chi connectivity index (χ0v) is 11.0. The topological polar surface area (TPSA) is 29.5 Å². The molecule has 0 unspecified atom stereocenters. The van der Waals surface area contributed by atoms with E-state index in [9.17, 15) is 4.79 Å². The number of amides is 1. The molecule has 0 aromatic carbocycles. The minimum absolute atomic E-state index is 0.141. The molecule has 0 radical (unpaired) electrons. The predicted octanol–water partition coefficient (Wildman–Crippen LogP) is 2.76. The number of hydrogen-bond acceptors (Lipinski definition) is 2. The zero-order valence-electron chi connectivity index (χ0n) is 11.0. The van der Waals surface area contributed by atoms with Crippen LogP contribution in [-0.4, -0.2) is 37.1 Å². The number of ether oxygens (including phenoxy) is 1. The lowest BCUT2D eigenvalue weighted by atomic mass is 10.1. The second-order valence-electron chi connectivity index (χ2n) is 4.54. The monoisotopic (exact) mass is 239 g/mol. The summed E-state index contributed by atoms with van der Waals surface area (Å²) < 4.78 is 5.21. The Hall–Kier alpha value is -0.830. The Morgan fingerprint density at radius 3 is 2.59 bits per heavy atom. The molecule has 17 heavy (non-hydrogen) atoms. The normalized spacial score (nSPS) is 16.6. The van der Waals surface area contributed by atoms with Crippen LogP contribution in [-0.2, 0) is 9.53 Å². The number of unbranched alkanes of at least 4 members (excludes halogenated alkanes) is 5. The lowest BCUT2D eigenvalue weighted by Gasteiger charge is -2.25. The fourth-order valence-corrected chi connectivity index (χ4v) is 1.94. The number of carbonyl (C=O) groups excluding carboxylic acids is 1. The van der Waals surface area contributed by atoms with Crippen molar-refractivity contribution in [2.24, 2.45) is 0 Å². The first-order valence-electron chi connectivity index (χ1n) is 6.87. The fourth-order valence-electron chi connectivity index (χ4n) is 1.94. The summed E-state index contributed by atoms with van der Waals surface area (Å²) in [6.45, 7) is 5.05. The molecule has 1 fully saturated rings. The van der Waals surface area contributed by atoms with Crippen LogP contribution in [0.15, 0.2) is 12.2 Å². The van der Waals surface area contributed by atoms with E-state index in [-0.39, 0.29) is 5.91 Å². The molecule has 0 atom stereocenters. The first-order valence-corrected chi connectivity index (χ1v) is 6.87. The van der Waals surface area contributed by atoms with E-state index in [0.29, 0.717) is 13.2 Å². The van der Waals surface area contributed by atoms with E-state index in [2.05, 4.69) is 6.92 Å². The third kappa shape index (κ3) is 6.47. The maximum atomic E-state index is 11.7. The highest BCUT2D eigenvalue weighted by atomic mass is 16.5. The Morgan fingerprint density at radius 1 is 1.18 bits per heavy atom. The highest BCUT2D eigenvalue weighted by Gasteiger charge is 2.13. The summed E-state index contributed by atoms with van der Waals surface area (Å²) in [5.74, 6) is 0.141. The maximum Gasteiger partial charge on any atom is 0.246 e. The van der Waals surface area contributed by atoms with E-state index in [1.165, 1.54) is 32.1 Å². The number of allylic oxidation sites excluding steroid dienone is 1. The molecular weight excluding hydrogens is 214 g/mol. The van der Waals surface area contributed by atoms with Crippen molar-refractivity contribution in [1.29, 1.82) is 0 Å². The second-order valence-corrected chi connectivity index (χ2v) is 4.54. The van der Waals surface area contributed by atoms with Crippen LogP contribution in [0.4, 0.5) is 0 Å². The van der Waals surface area contributed by atoms with Gasteiger partial charge in [0.1, 0.15) is 0 Å². The molecule has 1 saturated heterocycles. The molecule has 0 N–H and O–H groups in total. The van der Waals surface area contributed by atoms with Crippen LogP contribution in [0.5, 0.6) is 0 Å². The van der Waals surface area contributed by atoms with Crippen molar-refractivity contribution in [3.63, 3.8) is 0 Å². The maximum absolute atomic E-state index is 11.7. The van der Waals surface area contributed by atoms with Crippen LogP contribution in [0.25, 0.3) is 0 Å². The molecule has 0 aliphatic carbocycles. The number of rotatable bonds is 7. The third-order valence-corrected chi connectivity index (χ3v) is 3.06. The van der Waals surface area contributed by atoms with Crippen molar-refractivity contribution in [2.45, 2.75) is 45.4 Å². The van der Waals surface area contributed by atoms with Gasteiger partial charge >= 0.3 is 0 Å². The lowest BCUT2D eigenvalue weighted by Crippen LogP contribution is -2.39. The van der Waals surface area contributed by atoms with Gasteiger partial charge in [0.05, 0.1) is 13.2 Å². The van der Waals surface area contributed by atoms with Crippen molar-refractivity contribution in [2.75, 3.05) is 26.3 Å². The lowest BCUT2D eigenvalue weighted by molar-refractivity contribution is -0.129. The summed E-state index contributed by atoms with van der Waals surface area (Å²) in [4.78, 5) is 13.6. The van der Waals surface area contributed by atoms with Gasteiger partial charge in [0, 0.05) is 13.1 Å². The predicted molar refractivity (Wildman–Crippen MR) is 69.9 cm³/mol. The van der Waals surface area contributed by atoms with Gasteiger partial charge in [0.15, 0.2) is 0 Å². The molecule has 1 aliphatic heterocycles. The zero-order chi connectivity index (χ0) is 12.3. The molecule has 98 valence electrons. The van der Waals surface area contributed by atoms with Crippen molar-refractivity contribution < 1.29 is 9.53 Å². The third-order valence-electron chi connectivity index (χ3n) is 3.06. The van der Waals surface area contributed by atoms with Crippen LogP contribution < -0.4 is 0 Å². The molecule has 1 heterocycles. The van der Waals surface area contributed by atoms with E-state index in [0.717, 1.165) is 19.5 Å². The van der Waals surface area contributed by atoms with Crippen molar-refractivity contribution in [1.82, 2.24) is 4.90 Å². The highest BCUT2D eigenvalue weighted by Crippen LogP contribution is 2.06.